The molecule has 4 rings (SSSR count). The summed E-state index contributed by atoms with van der Waals surface area (Å²) in [6.45, 7) is 1.48. The Kier molecular flexibility index (Phi) is 3.96. The Morgan fingerprint density at radius 3 is 2.75 bits per heavy atom. The third-order valence-electron chi connectivity index (χ3n) is 4.22. The molecule has 1 aliphatic heterocycles. The standard InChI is InChI=1S/C18H17N3O3/c22-21-16-11-12(18-20-15-3-1-2-4-17(15)24-18)5-6-14(16)19-13-7-9-23-10-8-13/h1-6,11,13,19H,7-10H2. The van der Waals surface area contributed by atoms with Gasteiger partial charge in [-0.05, 0) is 48.4 Å². The Morgan fingerprint density at radius 2 is 1.96 bits per heavy atom. The topological polar surface area (TPSA) is 76.7 Å². The fourth-order valence-electron chi connectivity index (χ4n) is 2.92. The molecule has 0 aliphatic carbocycles. The third-order valence-corrected chi connectivity index (χ3v) is 4.22. The van der Waals surface area contributed by atoms with Crippen LogP contribution in [-0.2, 0) is 4.74 Å². The number of anilines is 1. The van der Waals surface area contributed by atoms with Gasteiger partial charge in [0.05, 0.1) is 5.69 Å². The molecule has 2 aromatic carbocycles. The van der Waals surface area contributed by atoms with Gasteiger partial charge in [-0.15, -0.1) is 4.91 Å². The minimum Gasteiger partial charge on any atom is -0.436 e. The van der Waals surface area contributed by atoms with Crippen molar-refractivity contribution in [1.82, 2.24) is 4.98 Å². The van der Waals surface area contributed by atoms with E-state index in [2.05, 4.69) is 15.5 Å². The average Bonchev–Trinajstić information content (AvgIpc) is 3.07. The zero-order valence-electron chi connectivity index (χ0n) is 13.1. The predicted octanol–water partition coefficient (Wildman–Crippen LogP) is 4.48. The van der Waals surface area contributed by atoms with Crippen LogP contribution in [0.25, 0.3) is 22.6 Å². The maximum atomic E-state index is 11.3. The number of nitrogens with one attached hydrogen (secondary N) is 1. The van der Waals surface area contributed by atoms with Gasteiger partial charge in [0.25, 0.3) is 0 Å². The van der Waals surface area contributed by atoms with Crippen molar-refractivity contribution in [1.29, 1.82) is 0 Å². The quantitative estimate of drug-likeness (QED) is 0.716. The van der Waals surface area contributed by atoms with E-state index < -0.39 is 0 Å². The number of hydrogen-bond donors (Lipinski definition) is 1. The van der Waals surface area contributed by atoms with Crippen molar-refractivity contribution < 1.29 is 9.15 Å². The van der Waals surface area contributed by atoms with Crippen LogP contribution >= 0.6 is 0 Å². The Labute approximate surface area is 138 Å². The third kappa shape index (κ3) is 2.88. The van der Waals surface area contributed by atoms with Crippen LogP contribution in [0.5, 0.6) is 0 Å². The van der Waals surface area contributed by atoms with Gasteiger partial charge >= 0.3 is 0 Å². The number of para-hydroxylation sites is 2. The summed E-state index contributed by atoms with van der Waals surface area (Å²) in [5, 5.41) is 6.54. The number of ether oxygens (including phenoxy) is 1. The van der Waals surface area contributed by atoms with Gasteiger partial charge < -0.3 is 14.5 Å². The Balaban J connectivity index is 1.64. The second kappa shape index (κ2) is 6.41. The molecule has 122 valence electrons. The van der Waals surface area contributed by atoms with E-state index in [1.807, 2.05) is 36.4 Å². The summed E-state index contributed by atoms with van der Waals surface area (Å²) in [7, 11) is 0. The monoisotopic (exact) mass is 323 g/mol. The lowest BCUT2D eigenvalue weighted by Crippen LogP contribution is -2.27. The highest BCUT2D eigenvalue weighted by Crippen LogP contribution is 2.33. The van der Waals surface area contributed by atoms with Gasteiger partial charge in [0, 0.05) is 24.8 Å². The normalized spacial score (nSPS) is 15.5. The van der Waals surface area contributed by atoms with Crippen molar-refractivity contribution in [3.8, 4) is 11.5 Å². The molecule has 2 heterocycles. The summed E-state index contributed by atoms with van der Waals surface area (Å²) in [4.78, 5) is 15.7. The van der Waals surface area contributed by atoms with E-state index >= 15 is 0 Å². The van der Waals surface area contributed by atoms with Gasteiger partial charge in [-0.1, -0.05) is 12.1 Å². The average molecular weight is 323 g/mol. The molecule has 0 amide bonds. The van der Waals surface area contributed by atoms with Gasteiger partial charge in [0.1, 0.15) is 11.2 Å². The molecular formula is C18H17N3O3. The molecule has 1 aliphatic rings. The summed E-state index contributed by atoms with van der Waals surface area (Å²) >= 11 is 0. The molecule has 1 saturated heterocycles. The van der Waals surface area contributed by atoms with Crippen molar-refractivity contribution in [2.45, 2.75) is 18.9 Å². The van der Waals surface area contributed by atoms with E-state index in [1.54, 1.807) is 6.07 Å². The first-order valence-electron chi connectivity index (χ1n) is 8.01. The minimum absolute atomic E-state index is 0.300. The summed E-state index contributed by atoms with van der Waals surface area (Å²) in [5.41, 5.74) is 3.34. The number of nitrogens with zero attached hydrogens (tertiary/aromatic N) is 2. The molecule has 1 aromatic heterocycles. The highest BCUT2D eigenvalue weighted by molar-refractivity contribution is 5.78. The zero-order valence-corrected chi connectivity index (χ0v) is 13.1. The van der Waals surface area contributed by atoms with E-state index in [0.29, 0.717) is 17.6 Å². The summed E-state index contributed by atoms with van der Waals surface area (Å²) in [6, 6.07) is 13.3. The molecule has 0 bridgehead atoms. The number of hydrogen-bond acceptors (Lipinski definition) is 6. The van der Waals surface area contributed by atoms with Crippen LogP contribution < -0.4 is 5.32 Å². The number of benzene rings is 2. The molecule has 24 heavy (non-hydrogen) atoms. The van der Waals surface area contributed by atoms with Crippen LogP contribution in [0.3, 0.4) is 0 Å². The van der Waals surface area contributed by atoms with Gasteiger partial charge in [0.2, 0.25) is 5.89 Å². The second-order valence-corrected chi connectivity index (χ2v) is 5.84. The summed E-state index contributed by atoms with van der Waals surface area (Å²) in [6.07, 6.45) is 1.84. The summed E-state index contributed by atoms with van der Waals surface area (Å²) < 4.78 is 11.1. The van der Waals surface area contributed by atoms with Gasteiger partial charge in [-0.2, -0.15) is 0 Å². The van der Waals surface area contributed by atoms with Gasteiger partial charge in [0.15, 0.2) is 5.58 Å². The largest absolute Gasteiger partial charge is 0.436 e. The van der Waals surface area contributed by atoms with Crippen LogP contribution in [0.15, 0.2) is 52.1 Å². The number of rotatable bonds is 4. The highest BCUT2D eigenvalue weighted by Gasteiger charge is 2.16. The van der Waals surface area contributed by atoms with Crippen molar-refractivity contribution in [2.24, 2.45) is 5.18 Å². The minimum atomic E-state index is 0.300. The Morgan fingerprint density at radius 1 is 1.12 bits per heavy atom. The fourth-order valence-corrected chi connectivity index (χ4v) is 2.92. The first-order valence-corrected chi connectivity index (χ1v) is 8.01. The van der Waals surface area contributed by atoms with Gasteiger partial charge in [-0.3, -0.25) is 0 Å². The molecule has 3 aromatic rings. The van der Waals surface area contributed by atoms with Crippen LogP contribution in [0, 0.1) is 4.91 Å². The SMILES string of the molecule is O=Nc1cc(-c2nc3ccccc3o2)ccc1NC1CCOCC1. The van der Waals surface area contributed by atoms with Crippen molar-refractivity contribution in [2.75, 3.05) is 18.5 Å². The predicted molar refractivity (Wildman–Crippen MR) is 92.4 cm³/mol. The molecule has 0 unspecified atom stereocenters. The smallest absolute Gasteiger partial charge is 0.227 e. The van der Waals surface area contributed by atoms with E-state index in [4.69, 9.17) is 9.15 Å². The molecule has 6 nitrogen and oxygen atoms in total. The molecule has 0 spiro atoms. The van der Waals surface area contributed by atoms with Crippen molar-refractivity contribution in [3.05, 3.63) is 47.4 Å². The lowest BCUT2D eigenvalue weighted by Gasteiger charge is -2.24. The maximum Gasteiger partial charge on any atom is 0.227 e. The van der Waals surface area contributed by atoms with E-state index in [0.717, 1.165) is 48.4 Å². The Hall–Kier alpha value is -2.73. The molecule has 1 N–H and O–H groups in total. The molecule has 6 heteroatoms. The fraction of sp³-hybridized carbons (Fsp3) is 0.278. The molecular weight excluding hydrogens is 306 g/mol. The van der Waals surface area contributed by atoms with Crippen LogP contribution in [0.1, 0.15) is 12.8 Å². The van der Waals surface area contributed by atoms with E-state index in [9.17, 15) is 4.91 Å². The first kappa shape index (κ1) is 14.8. The van der Waals surface area contributed by atoms with Crippen LogP contribution in [0.2, 0.25) is 0 Å². The number of fused-ring (bicyclic) bond motifs is 1. The van der Waals surface area contributed by atoms with Crippen molar-refractivity contribution in [3.63, 3.8) is 0 Å². The van der Waals surface area contributed by atoms with Crippen LogP contribution in [-0.4, -0.2) is 24.2 Å². The second-order valence-electron chi connectivity index (χ2n) is 5.84. The maximum absolute atomic E-state index is 11.3. The molecule has 0 radical (unpaired) electrons. The number of aromatic nitrogens is 1. The lowest BCUT2D eigenvalue weighted by molar-refractivity contribution is 0.0904. The molecule has 1 fully saturated rings. The van der Waals surface area contributed by atoms with Gasteiger partial charge in [-0.25, -0.2) is 4.98 Å². The summed E-state index contributed by atoms with van der Waals surface area (Å²) in [5.74, 6) is 0.485. The van der Waals surface area contributed by atoms with E-state index in [-0.39, 0.29) is 0 Å². The highest BCUT2D eigenvalue weighted by atomic mass is 16.5. The Bertz CT molecular complexity index is 836. The molecule has 0 saturated carbocycles. The zero-order chi connectivity index (χ0) is 16.4. The van der Waals surface area contributed by atoms with Crippen LogP contribution in [0.4, 0.5) is 11.4 Å². The molecule has 0 atom stereocenters. The van der Waals surface area contributed by atoms with E-state index in [1.165, 1.54) is 0 Å². The van der Waals surface area contributed by atoms with Crippen molar-refractivity contribution >= 4 is 22.5 Å². The number of nitroso groups, excluding NO2 is 1. The number of oxazole rings is 1. The lowest BCUT2D eigenvalue weighted by atomic mass is 10.1. The first-order chi connectivity index (χ1) is 11.8.